The van der Waals surface area contributed by atoms with E-state index in [9.17, 15) is 4.79 Å². The highest BCUT2D eigenvalue weighted by Gasteiger charge is 2.16. The molecule has 2 aromatic carbocycles. The fraction of sp³-hybridized carbons (Fsp3) is 0.217. The predicted octanol–water partition coefficient (Wildman–Crippen LogP) is 4.15. The Morgan fingerprint density at radius 1 is 1.10 bits per heavy atom. The average Bonchev–Trinajstić information content (AvgIpc) is 3.28. The predicted molar refractivity (Wildman–Crippen MR) is 118 cm³/mol. The number of carbonyl (C=O) groups excluding carboxylic acids is 1. The van der Waals surface area contributed by atoms with Gasteiger partial charge < -0.3 is 15.6 Å². The molecule has 148 valence electrons. The number of thiazole rings is 1. The van der Waals surface area contributed by atoms with Gasteiger partial charge in [0.1, 0.15) is 5.01 Å². The largest absolute Gasteiger partial charge is 0.348 e. The summed E-state index contributed by atoms with van der Waals surface area (Å²) in [5.74, 6) is -0.0587. The summed E-state index contributed by atoms with van der Waals surface area (Å²) in [7, 11) is 0. The molecule has 0 atom stereocenters. The summed E-state index contributed by atoms with van der Waals surface area (Å²) in [4.78, 5) is 17.5. The molecule has 6 heteroatoms. The Morgan fingerprint density at radius 2 is 1.83 bits per heavy atom. The topological polar surface area (TPSA) is 72.9 Å². The van der Waals surface area contributed by atoms with E-state index in [2.05, 4.69) is 16.0 Å². The maximum Gasteiger partial charge on any atom is 0.253 e. The standard InChI is InChI=1S/C23H24N4OS/c1-15-11-19(23(28)25-13-18-9-7-17(12-24)8-10-18)16(2)27(15)14-22-26-20-5-3-4-6-21(20)29-22/h3-11H,12-14,24H2,1-2H3,(H,25,28). The summed E-state index contributed by atoms with van der Waals surface area (Å²) >= 11 is 1.70. The van der Waals surface area contributed by atoms with Crippen molar-refractivity contribution in [2.45, 2.75) is 33.5 Å². The summed E-state index contributed by atoms with van der Waals surface area (Å²) in [6, 6.07) is 18.1. The lowest BCUT2D eigenvalue weighted by Gasteiger charge is -2.09. The quantitative estimate of drug-likeness (QED) is 0.507. The summed E-state index contributed by atoms with van der Waals surface area (Å²) in [6.45, 7) is 5.71. The lowest BCUT2D eigenvalue weighted by Crippen LogP contribution is -2.23. The zero-order valence-electron chi connectivity index (χ0n) is 16.6. The molecule has 0 aliphatic carbocycles. The Bertz CT molecular complexity index is 1120. The molecule has 3 N–H and O–H groups in total. The minimum absolute atomic E-state index is 0.0587. The second-order valence-electron chi connectivity index (χ2n) is 7.15. The van der Waals surface area contributed by atoms with Crippen molar-refractivity contribution < 1.29 is 4.79 Å². The Labute approximate surface area is 174 Å². The maximum absolute atomic E-state index is 12.8. The normalized spacial score (nSPS) is 11.1. The monoisotopic (exact) mass is 404 g/mol. The SMILES string of the molecule is Cc1cc(C(=O)NCc2ccc(CN)cc2)c(C)n1Cc1nc2ccccc2s1. The molecule has 0 radical (unpaired) electrons. The van der Waals surface area contributed by atoms with Crippen molar-refractivity contribution in [3.05, 3.63) is 87.7 Å². The van der Waals surface area contributed by atoms with Gasteiger partial charge in [0.05, 0.1) is 22.3 Å². The first-order valence-electron chi connectivity index (χ1n) is 9.62. The molecule has 0 fully saturated rings. The molecule has 0 aliphatic heterocycles. The van der Waals surface area contributed by atoms with Gasteiger partial charge in [0.25, 0.3) is 5.91 Å². The van der Waals surface area contributed by atoms with E-state index in [4.69, 9.17) is 10.7 Å². The molecule has 29 heavy (non-hydrogen) atoms. The number of hydrogen-bond donors (Lipinski definition) is 2. The number of rotatable bonds is 6. The van der Waals surface area contributed by atoms with Gasteiger partial charge in [-0.3, -0.25) is 4.79 Å². The summed E-state index contributed by atoms with van der Waals surface area (Å²) in [6.07, 6.45) is 0. The van der Waals surface area contributed by atoms with Crippen LogP contribution in [0.2, 0.25) is 0 Å². The lowest BCUT2D eigenvalue weighted by atomic mass is 10.1. The summed E-state index contributed by atoms with van der Waals surface area (Å²) in [5.41, 5.74) is 11.5. The van der Waals surface area contributed by atoms with Gasteiger partial charge >= 0.3 is 0 Å². The first-order valence-corrected chi connectivity index (χ1v) is 10.4. The van der Waals surface area contributed by atoms with Gasteiger partial charge in [-0.15, -0.1) is 11.3 Å². The Balaban J connectivity index is 1.48. The molecule has 2 heterocycles. The molecule has 0 bridgehead atoms. The molecular formula is C23H24N4OS. The fourth-order valence-electron chi connectivity index (χ4n) is 3.47. The highest BCUT2D eigenvalue weighted by Crippen LogP contribution is 2.24. The lowest BCUT2D eigenvalue weighted by molar-refractivity contribution is 0.0950. The van der Waals surface area contributed by atoms with E-state index in [0.29, 0.717) is 25.2 Å². The third-order valence-electron chi connectivity index (χ3n) is 5.16. The van der Waals surface area contributed by atoms with Crippen molar-refractivity contribution >= 4 is 27.5 Å². The van der Waals surface area contributed by atoms with E-state index in [0.717, 1.165) is 33.0 Å². The zero-order chi connectivity index (χ0) is 20.4. The number of benzene rings is 2. The van der Waals surface area contributed by atoms with Crippen LogP contribution in [0.1, 0.15) is 37.9 Å². The van der Waals surface area contributed by atoms with Gasteiger partial charge in [0.2, 0.25) is 0 Å². The molecular weight excluding hydrogens is 380 g/mol. The van der Waals surface area contributed by atoms with Crippen molar-refractivity contribution in [1.82, 2.24) is 14.9 Å². The fourth-order valence-corrected chi connectivity index (χ4v) is 4.42. The second kappa shape index (κ2) is 8.19. The van der Waals surface area contributed by atoms with Crippen molar-refractivity contribution in [1.29, 1.82) is 0 Å². The van der Waals surface area contributed by atoms with E-state index in [1.165, 1.54) is 4.70 Å². The molecule has 2 aromatic heterocycles. The van der Waals surface area contributed by atoms with Gasteiger partial charge in [-0.1, -0.05) is 36.4 Å². The number of fused-ring (bicyclic) bond motifs is 1. The first-order chi connectivity index (χ1) is 14.0. The number of hydrogen-bond acceptors (Lipinski definition) is 4. The van der Waals surface area contributed by atoms with Crippen LogP contribution < -0.4 is 11.1 Å². The molecule has 0 aliphatic rings. The minimum Gasteiger partial charge on any atom is -0.348 e. The van der Waals surface area contributed by atoms with Gasteiger partial charge in [-0.05, 0) is 43.2 Å². The number of nitrogens with zero attached hydrogens (tertiary/aromatic N) is 2. The Morgan fingerprint density at radius 3 is 2.55 bits per heavy atom. The van der Waals surface area contributed by atoms with Crippen molar-refractivity contribution in [2.75, 3.05) is 0 Å². The third kappa shape index (κ3) is 4.09. The molecule has 0 unspecified atom stereocenters. The van der Waals surface area contributed by atoms with Crippen LogP contribution in [0, 0.1) is 13.8 Å². The average molecular weight is 405 g/mol. The maximum atomic E-state index is 12.8. The number of aromatic nitrogens is 2. The second-order valence-corrected chi connectivity index (χ2v) is 8.26. The number of para-hydroxylation sites is 1. The molecule has 0 spiro atoms. The molecule has 4 aromatic rings. The molecule has 0 saturated heterocycles. The molecule has 5 nitrogen and oxygen atoms in total. The van der Waals surface area contributed by atoms with Crippen LogP contribution in [0.25, 0.3) is 10.2 Å². The molecule has 4 rings (SSSR count). The summed E-state index contributed by atoms with van der Waals surface area (Å²) < 4.78 is 3.34. The first kappa shape index (κ1) is 19.4. The van der Waals surface area contributed by atoms with Crippen LogP contribution in [0.5, 0.6) is 0 Å². The number of nitrogens with two attached hydrogens (primary N) is 1. The smallest absolute Gasteiger partial charge is 0.253 e. The van der Waals surface area contributed by atoms with Gasteiger partial charge in [0.15, 0.2) is 0 Å². The van der Waals surface area contributed by atoms with Crippen LogP contribution in [-0.4, -0.2) is 15.5 Å². The molecule has 1 amide bonds. The van der Waals surface area contributed by atoms with E-state index in [1.807, 2.05) is 62.4 Å². The van der Waals surface area contributed by atoms with Crippen molar-refractivity contribution in [2.24, 2.45) is 5.73 Å². The van der Waals surface area contributed by atoms with Crippen LogP contribution in [0.4, 0.5) is 0 Å². The number of carbonyl (C=O) groups is 1. The Hall–Kier alpha value is -2.96. The number of nitrogens with one attached hydrogen (secondary N) is 1. The summed E-state index contributed by atoms with van der Waals surface area (Å²) in [5, 5.41) is 4.06. The van der Waals surface area contributed by atoms with Crippen LogP contribution in [0.3, 0.4) is 0 Å². The van der Waals surface area contributed by atoms with Crippen molar-refractivity contribution in [3.8, 4) is 0 Å². The van der Waals surface area contributed by atoms with E-state index < -0.39 is 0 Å². The van der Waals surface area contributed by atoms with Gasteiger partial charge in [-0.25, -0.2) is 4.98 Å². The van der Waals surface area contributed by atoms with Crippen LogP contribution in [0.15, 0.2) is 54.6 Å². The highest BCUT2D eigenvalue weighted by atomic mass is 32.1. The number of amides is 1. The van der Waals surface area contributed by atoms with E-state index in [-0.39, 0.29) is 5.91 Å². The van der Waals surface area contributed by atoms with Crippen LogP contribution in [-0.2, 0) is 19.6 Å². The third-order valence-corrected chi connectivity index (χ3v) is 6.18. The van der Waals surface area contributed by atoms with Gasteiger partial charge in [0, 0.05) is 24.5 Å². The van der Waals surface area contributed by atoms with Crippen LogP contribution >= 0.6 is 11.3 Å². The number of aryl methyl sites for hydroxylation is 1. The van der Waals surface area contributed by atoms with E-state index in [1.54, 1.807) is 11.3 Å². The van der Waals surface area contributed by atoms with Crippen molar-refractivity contribution in [3.63, 3.8) is 0 Å². The molecule has 0 saturated carbocycles. The minimum atomic E-state index is -0.0587. The van der Waals surface area contributed by atoms with Gasteiger partial charge in [-0.2, -0.15) is 0 Å². The van der Waals surface area contributed by atoms with E-state index >= 15 is 0 Å². The highest BCUT2D eigenvalue weighted by molar-refractivity contribution is 7.18. The zero-order valence-corrected chi connectivity index (χ0v) is 17.4. The Kier molecular flexibility index (Phi) is 5.47.